The second-order valence-electron chi connectivity index (χ2n) is 9.63. The Kier molecular flexibility index (Phi) is 5.87. The van der Waals surface area contributed by atoms with Crippen molar-refractivity contribution in [3.8, 4) is 22.5 Å². The average molecular weight is 480 g/mol. The van der Waals surface area contributed by atoms with Gasteiger partial charge < -0.3 is 15.6 Å². The van der Waals surface area contributed by atoms with Gasteiger partial charge in [0.2, 0.25) is 0 Å². The second-order valence-corrected chi connectivity index (χ2v) is 9.63. The third-order valence-corrected chi connectivity index (χ3v) is 6.98. The molecular weight excluding hydrogens is 450 g/mol. The van der Waals surface area contributed by atoms with E-state index in [9.17, 15) is 5.11 Å². The molecule has 3 aromatic heterocycles. The minimum Gasteiger partial charge on any atom is -0.393 e. The Morgan fingerprint density at radius 3 is 2.67 bits per heavy atom. The number of imidazole rings is 1. The van der Waals surface area contributed by atoms with Crippen molar-refractivity contribution < 1.29 is 9.84 Å². The molecule has 1 fully saturated rings. The van der Waals surface area contributed by atoms with Crippen molar-refractivity contribution in [2.75, 3.05) is 12.3 Å². The van der Waals surface area contributed by atoms with Crippen LogP contribution in [0.5, 0.6) is 0 Å². The number of rotatable bonds is 5. The third-order valence-electron chi connectivity index (χ3n) is 6.98. The van der Waals surface area contributed by atoms with Gasteiger partial charge in [0.05, 0.1) is 30.0 Å². The van der Waals surface area contributed by atoms with Crippen LogP contribution in [0.1, 0.15) is 37.9 Å². The highest BCUT2D eigenvalue weighted by Crippen LogP contribution is 2.36. The zero-order valence-corrected chi connectivity index (χ0v) is 20.2. The molecule has 1 aliphatic heterocycles. The lowest BCUT2D eigenvalue weighted by atomic mass is 9.95. The summed E-state index contributed by atoms with van der Waals surface area (Å²) in [6, 6.07) is 20.6. The molecule has 0 radical (unpaired) electrons. The molecule has 1 saturated heterocycles. The molecule has 2 aromatic carbocycles. The van der Waals surface area contributed by atoms with Gasteiger partial charge in [0.15, 0.2) is 0 Å². The molecule has 6 rings (SSSR count). The molecule has 0 saturated carbocycles. The predicted molar refractivity (Wildman–Crippen MR) is 142 cm³/mol. The summed E-state index contributed by atoms with van der Waals surface area (Å²) in [5.41, 5.74) is 11.9. The van der Waals surface area contributed by atoms with Crippen LogP contribution >= 0.6 is 0 Å². The van der Waals surface area contributed by atoms with Crippen molar-refractivity contribution in [1.82, 2.24) is 19.4 Å². The summed E-state index contributed by atoms with van der Waals surface area (Å²) >= 11 is 0. The number of nitrogen functional groups attached to an aromatic ring is 1. The fraction of sp³-hybridized carbons (Fsp3) is 0.276. The number of anilines is 1. The SMILES string of the molecule is CC(O)CC1CCC(c2nc(-c3ccc4ccc(-c5ccccc5)nc4c3)c3c(N)nccn23)CO1. The first kappa shape index (κ1) is 22.6. The van der Waals surface area contributed by atoms with E-state index in [0.717, 1.165) is 57.6 Å². The number of fused-ring (bicyclic) bond motifs is 2. The Hall–Kier alpha value is -3.81. The fourth-order valence-electron chi connectivity index (χ4n) is 5.19. The quantitative estimate of drug-likeness (QED) is 0.358. The Bertz CT molecular complexity index is 1520. The van der Waals surface area contributed by atoms with Crippen molar-refractivity contribution >= 4 is 22.2 Å². The molecule has 1 aliphatic rings. The predicted octanol–water partition coefficient (Wildman–Crippen LogP) is 5.23. The number of ether oxygens (including phenoxy) is 1. The maximum atomic E-state index is 9.72. The van der Waals surface area contributed by atoms with Gasteiger partial charge in [-0.3, -0.25) is 4.40 Å². The summed E-state index contributed by atoms with van der Waals surface area (Å²) in [5, 5.41) is 10.8. The maximum absolute atomic E-state index is 9.72. The minimum atomic E-state index is -0.361. The first-order chi connectivity index (χ1) is 17.6. The molecule has 3 atom stereocenters. The number of nitrogens with two attached hydrogens (primary N) is 1. The Morgan fingerprint density at radius 1 is 1.06 bits per heavy atom. The van der Waals surface area contributed by atoms with E-state index >= 15 is 0 Å². The Balaban J connectivity index is 1.40. The topological polar surface area (TPSA) is 98.6 Å². The van der Waals surface area contributed by atoms with E-state index in [4.69, 9.17) is 20.4 Å². The van der Waals surface area contributed by atoms with Crippen LogP contribution in [0.4, 0.5) is 5.82 Å². The lowest BCUT2D eigenvalue weighted by Crippen LogP contribution is -2.28. The van der Waals surface area contributed by atoms with Gasteiger partial charge in [-0.15, -0.1) is 0 Å². The van der Waals surface area contributed by atoms with Crippen LogP contribution in [0, 0.1) is 0 Å². The second kappa shape index (κ2) is 9.33. The third kappa shape index (κ3) is 4.21. The van der Waals surface area contributed by atoms with Gasteiger partial charge in [0.1, 0.15) is 22.9 Å². The first-order valence-corrected chi connectivity index (χ1v) is 12.5. The van der Waals surface area contributed by atoms with Crippen molar-refractivity contribution in [2.45, 2.75) is 44.3 Å². The van der Waals surface area contributed by atoms with Crippen LogP contribution in [0.15, 0.2) is 73.1 Å². The van der Waals surface area contributed by atoms with Crippen LogP contribution in [0.25, 0.3) is 38.9 Å². The van der Waals surface area contributed by atoms with Crippen molar-refractivity contribution in [3.63, 3.8) is 0 Å². The lowest BCUT2D eigenvalue weighted by Gasteiger charge is -2.29. The fourth-order valence-corrected chi connectivity index (χ4v) is 5.19. The summed E-state index contributed by atoms with van der Waals surface area (Å²) in [5.74, 6) is 1.51. The zero-order valence-electron chi connectivity index (χ0n) is 20.2. The average Bonchev–Trinajstić information content (AvgIpc) is 3.30. The van der Waals surface area contributed by atoms with Crippen LogP contribution in [-0.2, 0) is 4.74 Å². The van der Waals surface area contributed by atoms with Gasteiger partial charge >= 0.3 is 0 Å². The number of aliphatic hydroxyl groups excluding tert-OH is 1. The van der Waals surface area contributed by atoms with E-state index in [0.29, 0.717) is 18.8 Å². The number of hydrogen-bond donors (Lipinski definition) is 2. The molecule has 0 aliphatic carbocycles. The molecule has 5 aromatic rings. The van der Waals surface area contributed by atoms with E-state index < -0.39 is 0 Å². The highest BCUT2D eigenvalue weighted by molar-refractivity contribution is 5.91. The molecule has 7 nitrogen and oxygen atoms in total. The number of nitrogens with zero attached hydrogens (tertiary/aromatic N) is 4. The highest BCUT2D eigenvalue weighted by atomic mass is 16.5. The minimum absolute atomic E-state index is 0.0871. The van der Waals surface area contributed by atoms with Crippen LogP contribution in [0.3, 0.4) is 0 Å². The summed E-state index contributed by atoms with van der Waals surface area (Å²) in [6.45, 7) is 2.37. The summed E-state index contributed by atoms with van der Waals surface area (Å²) in [7, 11) is 0. The monoisotopic (exact) mass is 479 g/mol. The van der Waals surface area contributed by atoms with Gasteiger partial charge in [-0.1, -0.05) is 48.5 Å². The lowest BCUT2D eigenvalue weighted by molar-refractivity contribution is -0.0227. The molecule has 7 heteroatoms. The van der Waals surface area contributed by atoms with E-state index in [1.165, 1.54) is 0 Å². The van der Waals surface area contributed by atoms with E-state index in [-0.39, 0.29) is 18.1 Å². The highest BCUT2D eigenvalue weighted by Gasteiger charge is 2.28. The van der Waals surface area contributed by atoms with Crippen LogP contribution < -0.4 is 5.73 Å². The van der Waals surface area contributed by atoms with Crippen molar-refractivity contribution in [2.24, 2.45) is 0 Å². The molecule has 3 N–H and O–H groups in total. The summed E-state index contributed by atoms with van der Waals surface area (Å²) < 4.78 is 8.15. The van der Waals surface area contributed by atoms with Gasteiger partial charge in [0.25, 0.3) is 0 Å². The molecular formula is C29H29N5O2. The van der Waals surface area contributed by atoms with Gasteiger partial charge in [-0.05, 0) is 38.3 Å². The molecule has 0 spiro atoms. The molecule has 0 bridgehead atoms. The van der Waals surface area contributed by atoms with Gasteiger partial charge in [-0.2, -0.15) is 0 Å². The molecule has 0 amide bonds. The van der Waals surface area contributed by atoms with Crippen molar-refractivity contribution in [3.05, 3.63) is 78.9 Å². The van der Waals surface area contributed by atoms with Gasteiger partial charge in [0, 0.05) is 34.8 Å². The Labute approximate surface area is 209 Å². The van der Waals surface area contributed by atoms with Gasteiger partial charge in [-0.25, -0.2) is 15.0 Å². The number of aliphatic hydroxyl groups is 1. The van der Waals surface area contributed by atoms with E-state index in [2.05, 4.69) is 51.8 Å². The van der Waals surface area contributed by atoms with E-state index in [1.807, 2.05) is 24.4 Å². The molecule has 4 heterocycles. The van der Waals surface area contributed by atoms with Crippen molar-refractivity contribution in [1.29, 1.82) is 0 Å². The molecule has 182 valence electrons. The number of hydrogen-bond acceptors (Lipinski definition) is 6. The molecule has 3 unspecified atom stereocenters. The van der Waals surface area contributed by atoms with E-state index in [1.54, 1.807) is 13.1 Å². The standard InChI is InChI=1S/C29H29N5O2/c1-18(35)15-23-11-9-22(17-36-23)29-33-26(27-28(30)31-13-14-34(27)29)21-8-7-20-10-12-24(32-25(20)16-21)19-5-3-2-4-6-19/h2-8,10,12-14,16,18,22-23,35H,9,11,15,17H2,1H3,(H2,30,31). The number of aromatic nitrogens is 4. The zero-order chi connectivity index (χ0) is 24.6. The molecule has 36 heavy (non-hydrogen) atoms. The largest absolute Gasteiger partial charge is 0.393 e. The normalized spacial score (nSPS) is 19.1. The number of benzene rings is 2. The van der Waals surface area contributed by atoms with Crippen LogP contribution in [-0.4, -0.2) is 43.3 Å². The first-order valence-electron chi connectivity index (χ1n) is 12.5. The smallest absolute Gasteiger partial charge is 0.150 e. The summed E-state index contributed by atoms with van der Waals surface area (Å²) in [6.07, 6.45) is 5.86. The van der Waals surface area contributed by atoms with Crippen LogP contribution in [0.2, 0.25) is 0 Å². The maximum Gasteiger partial charge on any atom is 0.150 e. The summed E-state index contributed by atoms with van der Waals surface area (Å²) in [4.78, 5) is 14.4. The Morgan fingerprint density at radius 2 is 1.89 bits per heavy atom. The number of pyridine rings is 1.